The van der Waals surface area contributed by atoms with Crippen LogP contribution in [-0.4, -0.2) is 75.4 Å². The molecular weight excluding hydrogens is 378 g/mol. The minimum atomic E-state index is 0.0116. The van der Waals surface area contributed by atoms with Crippen molar-refractivity contribution in [3.05, 3.63) is 29.3 Å². The molecule has 28 heavy (non-hydrogen) atoms. The summed E-state index contributed by atoms with van der Waals surface area (Å²) in [6.07, 6.45) is 0. The van der Waals surface area contributed by atoms with Gasteiger partial charge in [0.15, 0.2) is 6.54 Å². The Labute approximate surface area is 168 Å². The van der Waals surface area contributed by atoms with E-state index in [1.165, 1.54) is 16.7 Å². The molecule has 1 saturated heterocycles. The zero-order chi connectivity index (χ0) is 20.1. The van der Waals surface area contributed by atoms with Crippen LogP contribution in [0.2, 0.25) is 0 Å². The molecule has 0 radical (unpaired) electrons. The maximum absolute atomic E-state index is 12.4. The standard InChI is InChI=1S/C18H25N7O2S/c1-13-5-4-6-14(2)17(13)19-15(26)11-24-7-9-25(10-8-24)16(27)12-28-18-20-21-22-23(18)3/h4-6H,7-12H2,1-3H3,(H,19,26)/p+1. The lowest BCUT2D eigenvalue weighted by atomic mass is 10.1. The highest BCUT2D eigenvalue weighted by molar-refractivity contribution is 7.99. The monoisotopic (exact) mass is 404 g/mol. The average molecular weight is 405 g/mol. The molecule has 0 aliphatic carbocycles. The van der Waals surface area contributed by atoms with E-state index >= 15 is 0 Å². The molecule has 2 heterocycles. The highest BCUT2D eigenvalue weighted by Gasteiger charge is 2.25. The summed E-state index contributed by atoms with van der Waals surface area (Å²) in [5, 5.41) is 14.9. The second-order valence-corrected chi connectivity index (χ2v) is 7.94. The number of carbonyl (C=O) groups is 2. The first-order chi connectivity index (χ1) is 13.4. The van der Waals surface area contributed by atoms with Crippen LogP contribution in [0.3, 0.4) is 0 Å². The Kier molecular flexibility index (Phi) is 6.63. The molecule has 0 atom stereocenters. The van der Waals surface area contributed by atoms with E-state index in [1.54, 1.807) is 11.7 Å². The summed E-state index contributed by atoms with van der Waals surface area (Å²) in [4.78, 5) is 27.9. The number of para-hydroxylation sites is 1. The number of anilines is 1. The fraction of sp³-hybridized carbons (Fsp3) is 0.500. The number of amides is 2. The molecule has 2 amide bonds. The lowest BCUT2D eigenvalue weighted by Crippen LogP contribution is -3.15. The van der Waals surface area contributed by atoms with Crippen molar-refractivity contribution in [2.75, 3.05) is 43.8 Å². The van der Waals surface area contributed by atoms with E-state index in [0.29, 0.717) is 30.5 Å². The fourth-order valence-electron chi connectivity index (χ4n) is 3.23. The zero-order valence-corrected chi connectivity index (χ0v) is 17.3. The SMILES string of the molecule is Cc1cccc(C)c1NC(=O)C[NH+]1CCN(C(=O)CSc2nnnn2C)CC1. The Bertz CT molecular complexity index is 826. The summed E-state index contributed by atoms with van der Waals surface area (Å²) in [5.41, 5.74) is 3.03. The minimum Gasteiger partial charge on any atom is -0.331 e. The van der Waals surface area contributed by atoms with Crippen LogP contribution < -0.4 is 10.2 Å². The molecule has 150 valence electrons. The molecule has 1 aliphatic heterocycles. The van der Waals surface area contributed by atoms with Gasteiger partial charge in [0.05, 0.1) is 31.9 Å². The number of aryl methyl sites for hydroxylation is 3. The topological polar surface area (TPSA) is 97.5 Å². The van der Waals surface area contributed by atoms with E-state index in [9.17, 15) is 9.59 Å². The third-order valence-electron chi connectivity index (χ3n) is 4.89. The van der Waals surface area contributed by atoms with Crippen LogP contribution in [0.1, 0.15) is 11.1 Å². The third kappa shape index (κ3) is 5.08. The van der Waals surface area contributed by atoms with Gasteiger partial charge >= 0.3 is 0 Å². The average Bonchev–Trinajstić information content (AvgIpc) is 3.08. The first kappa shape index (κ1) is 20.3. The van der Waals surface area contributed by atoms with Crippen molar-refractivity contribution in [3.8, 4) is 0 Å². The van der Waals surface area contributed by atoms with Crippen LogP contribution in [-0.2, 0) is 16.6 Å². The summed E-state index contributed by atoms with van der Waals surface area (Å²) in [5.74, 6) is 0.404. The molecule has 2 aromatic rings. The van der Waals surface area contributed by atoms with E-state index in [1.807, 2.05) is 36.9 Å². The van der Waals surface area contributed by atoms with Crippen molar-refractivity contribution < 1.29 is 14.5 Å². The minimum absolute atomic E-state index is 0.0116. The number of hydrogen-bond acceptors (Lipinski definition) is 6. The van der Waals surface area contributed by atoms with Gasteiger partial charge < -0.3 is 15.1 Å². The van der Waals surface area contributed by atoms with E-state index in [-0.39, 0.29) is 11.8 Å². The number of nitrogens with one attached hydrogen (secondary N) is 2. The van der Waals surface area contributed by atoms with Crippen LogP contribution in [0.15, 0.2) is 23.4 Å². The number of carbonyl (C=O) groups excluding carboxylic acids is 2. The number of tetrazole rings is 1. The van der Waals surface area contributed by atoms with Crippen molar-refractivity contribution in [3.63, 3.8) is 0 Å². The van der Waals surface area contributed by atoms with Gasteiger partial charge in [0.1, 0.15) is 0 Å². The summed E-state index contributed by atoms with van der Waals surface area (Å²) in [6, 6.07) is 5.98. The molecule has 0 saturated carbocycles. The maximum Gasteiger partial charge on any atom is 0.279 e. The van der Waals surface area contributed by atoms with E-state index in [2.05, 4.69) is 20.8 Å². The molecule has 1 aliphatic rings. The van der Waals surface area contributed by atoms with Crippen LogP contribution in [0.5, 0.6) is 0 Å². The smallest absolute Gasteiger partial charge is 0.279 e. The molecule has 3 rings (SSSR count). The van der Waals surface area contributed by atoms with E-state index in [0.717, 1.165) is 29.9 Å². The van der Waals surface area contributed by atoms with Crippen molar-refractivity contribution >= 4 is 29.3 Å². The second-order valence-electron chi connectivity index (χ2n) is 7.00. The van der Waals surface area contributed by atoms with Gasteiger partial charge in [-0.25, -0.2) is 4.68 Å². The molecule has 0 unspecified atom stereocenters. The second kappa shape index (κ2) is 9.16. The summed E-state index contributed by atoms with van der Waals surface area (Å²) >= 11 is 1.34. The van der Waals surface area contributed by atoms with Gasteiger partial charge in [-0.05, 0) is 35.4 Å². The number of thioether (sulfide) groups is 1. The fourth-order valence-corrected chi connectivity index (χ4v) is 3.99. The van der Waals surface area contributed by atoms with Gasteiger partial charge in [0.2, 0.25) is 11.1 Å². The van der Waals surface area contributed by atoms with Crippen LogP contribution in [0.4, 0.5) is 5.69 Å². The lowest BCUT2D eigenvalue weighted by molar-refractivity contribution is -0.895. The van der Waals surface area contributed by atoms with Gasteiger partial charge in [-0.3, -0.25) is 9.59 Å². The molecule has 0 bridgehead atoms. The number of benzene rings is 1. The van der Waals surface area contributed by atoms with Crippen LogP contribution in [0.25, 0.3) is 0 Å². The molecule has 1 aromatic heterocycles. The van der Waals surface area contributed by atoms with Gasteiger partial charge in [-0.1, -0.05) is 30.0 Å². The lowest BCUT2D eigenvalue weighted by Gasteiger charge is -2.31. The number of piperazine rings is 1. The first-order valence-electron chi connectivity index (χ1n) is 9.26. The summed E-state index contributed by atoms with van der Waals surface area (Å²) in [7, 11) is 1.75. The third-order valence-corrected chi connectivity index (χ3v) is 5.88. The predicted octanol–water partition coefficient (Wildman–Crippen LogP) is -0.715. The largest absolute Gasteiger partial charge is 0.331 e. The Morgan fingerprint density at radius 1 is 1.21 bits per heavy atom. The van der Waals surface area contributed by atoms with Gasteiger partial charge in [-0.2, -0.15) is 0 Å². The van der Waals surface area contributed by atoms with E-state index in [4.69, 9.17) is 0 Å². The maximum atomic E-state index is 12.4. The first-order valence-corrected chi connectivity index (χ1v) is 10.2. The molecule has 1 aromatic carbocycles. The summed E-state index contributed by atoms with van der Waals surface area (Å²) < 4.78 is 1.55. The zero-order valence-electron chi connectivity index (χ0n) is 16.4. The molecule has 2 N–H and O–H groups in total. The molecule has 1 fully saturated rings. The van der Waals surface area contributed by atoms with Crippen molar-refractivity contribution in [1.29, 1.82) is 0 Å². The quantitative estimate of drug-likeness (QED) is 0.617. The number of quaternary nitrogens is 1. The van der Waals surface area contributed by atoms with Crippen molar-refractivity contribution in [1.82, 2.24) is 25.1 Å². The number of rotatable bonds is 6. The Morgan fingerprint density at radius 3 is 2.50 bits per heavy atom. The van der Waals surface area contributed by atoms with Crippen molar-refractivity contribution in [2.45, 2.75) is 19.0 Å². The van der Waals surface area contributed by atoms with Crippen LogP contribution in [0, 0.1) is 13.8 Å². The Hall–Kier alpha value is -2.46. The summed E-state index contributed by atoms with van der Waals surface area (Å²) in [6.45, 7) is 7.24. The highest BCUT2D eigenvalue weighted by Crippen LogP contribution is 2.19. The number of nitrogens with zero attached hydrogens (tertiary/aromatic N) is 5. The predicted molar refractivity (Wildman–Crippen MR) is 106 cm³/mol. The molecule has 0 spiro atoms. The van der Waals surface area contributed by atoms with Gasteiger partial charge in [0, 0.05) is 12.7 Å². The van der Waals surface area contributed by atoms with E-state index < -0.39 is 0 Å². The van der Waals surface area contributed by atoms with Crippen LogP contribution >= 0.6 is 11.8 Å². The van der Waals surface area contributed by atoms with Gasteiger partial charge in [0.25, 0.3) is 5.91 Å². The number of aromatic nitrogens is 4. The molecular formula is C18H26N7O2S+. The Balaban J connectivity index is 1.43. The molecule has 9 nitrogen and oxygen atoms in total. The molecule has 10 heteroatoms. The highest BCUT2D eigenvalue weighted by atomic mass is 32.2. The Morgan fingerprint density at radius 2 is 1.89 bits per heavy atom. The van der Waals surface area contributed by atoms with Crippen molar-refractivity contribution in [2.24, 2.45) is 7.05 Å². The number of hydrogen-bond donors (Lipinski definition) is 2. The normalized spacial score (nSPS) is 14.9. The van der Waals surface area contributed by atoms with Gasteiger partial charge in [-0.15, -0.1) is 5.10 Å².